The lowest BCUT2D eigenvalue weighted by molar-refractivity contribution is -0.136. The number of benzene rings is 1. The van der Waals surface area contributed by atoms with E-state index >= 15 is 0 Å². The van der Waals surface area contributed by atoms with Crippen LogP contribution in [-0.2, 0) is 10.7 Å². The molecule has 2 aromatic heterocycles. The number of nitrogens with zero attached hydrogens (tertiary/aromatic N) is 2. The maximum absolute atomic E-state index is 13.5. The van der Waals surface area contributed by atoms with Gasteiger partial charge in [0.2, 0.25) is 5.95 Å². The van der Waals surface area contributed by atoms with Gasteiger partial charge in [0.1, 0.15) is 24.4 Å². The van der Waals surface area contributed by atoms with Crippen LogP contribution in [0.25, 0.3) is 11.0 Å². The van der Waals surface area contributed by atoms with Crippen molar-refractivity contribution in [3.63, 3.8) is 0 Å². The summed E-state index contributed by atoms with van der Waals surface area (Å²) < 4.78 is 58.1. The summed E-state index contributed by atoms with van der Waals surface area (Å²) in [5.74, 6) is 0.791. The molecule has 0 unspecified atom stereocenters. The lowest BCUT2D eigenvalue weighted by atomic mass is 10.2. The number of aromatic nitrogens is 3. The molecule has 168 valence electrons. The van der Waals surface area contributed by atoms with Crippen LogP contribution in [0.3, 0.4) is 0 Å². The third-order valence-corrected chi connectivity index (χ3v) is 6.09. The van der Waals surface area contributed by atoms with Crippen LogP contribution in [0.2, 0.25) is 0 Å². The monoisotopic (exact) mass is 455 g/mol. The number of nitrogens with one attached hydrogen (secondary N) is 3. The topological polar surface area (TPSA) is 91.9 Å². The van der Waals surface area contributed by atoms with Gasteiger partial charge < -0.3 is 24.9 Å². The van der Waals surface area contributed by atoms with Crippen molar-refractivity contribution in [3.8, 4) is 5.75 Å². The first-order valence-corrected chi connectivity index (χ1v) is 12.2. The van der Waals surface area contributed by atoms with Crippen LogP contribution in [-0.4, -0.2) is 41.9 Å². The summed E-state index contributed by atoms with van der Waals surface area (Å²) in [6.07, 6.45) is -3.66. The summed E-state index contributed by atoms with van der Waals surface area (Å²) in [6, 6.07) is 5.05. The predicted octanol–water partition coefficient (Wildman–Crippen LogP) is 5.04. The van der Waals surface area contributed by atoms with Crippen LogP contribution in [0, 0.1) is 5.92 Å². The van der Waals surface area contributed by atoms with E-state index in [-0.39, 0.29) is 28.7 Å². The molecule has 3 aromatic rings. The number of rotatable bonds is 7. The minimum Gasteiger partial charge on any atom is -0.495 e. The molecule has 31 heavy (non-hydrogen) atoms. The fraction of sp³-hybridized carbons (Fsp3) is 0.400. The molecule has 11 heteroatoms. The van der Waals surface area contributed by atoms with Crippen LogP contribution in [0.1, 0.15) is 19.4 Å². The molecule has 0 radical (unpaired) electrons. The molecule has 1 aromatic carbocycles. The zero-order valence-electron chi connectivity index (χ0n) is 17.9. The van der Waals surface area contributed by atoms with Crippen LogP contribution in [0.15, 0.2) is 24.4 Å². The van der Waals surface area contributed by atoms with E-state index in [0.29, 0.717) is 23.3 Å². The fourth-order valence-corrected chi connectivity index (χ4v) is 3.84. The highest BCUT2D eigenvalue weighted by Crippen LogP contribution is 2.39. The van der Waals surface area contributed by atoms with Gasteiger partial charge in [0.15, 0.2) is 0 Å². The van der Waals surface area contributed by atoms with E-state index in [9.17, 15) is 17.7 Å². The van der Waals surface area contributed by atoms with Gasteiger partial charge in [0.05, 0.1) is 23.7 Å². The molecule has 0 atom stereocenters. The number of hydrogen-bond donors (Lipinski definition) is 3. The van der Waals surface area contributed by atoms with Gasteiger partial charge in [0, 0.05) is 18.0 Å². The Morgan fingerprint density at radius 1 is 1.23 bits per heavy atom. The molecule has 3 N–H and O–H groups in total. The van der Waals surface area contributed by atoms with E-state index in [4.69, 9.17) is 4.74 Å². The summed E-state index contributed by atoms with van der Waals surface area (Å²) in [7, 11) is -1.02. The quantitative estimate of drug-likeness (QED) is 0.432. The molecule has 3 rings (SSSR count). The smallest absolute Gasteiger partial charge is 0.418 e. The first-order chi connectivity index (χ1) is 14.4. The van der Waals surface area contributed by atoms with E-state index in [1.54, 1.807) is 31.5 Å². The van der Waals surface area contributed by atoms with Crippen LogP contribution in [0.5, 0.6) is 5.75 Å². The van der Waals surface area contributed by atoms with Crippen molar-refractivity contribution in [2.24, 2.45) is 5.92 Å². The minimum atomic E-state index is -4.54. The van der Waals surface area contributed by atoms with Crippen molar-refractivity contribution in [1.82, 2.24) is 15.0 Å². The maximum Gasteiger partial charge on any atom is 0.418 e. The molecular formula is C20H25F3N5O2P. The molecule has 0 amide bonds. The van der Waals surface area contributed by atoms with Gasteiger partial charge in [-0.15, -0.1) is 0 Å². The third kappa shape index (κ3) is 5.12. The maximum atomic E-state index is 13.5. The third-order valence-electron chi connectivity index (χ3n) is 4.57. The Bertz CT molecular complexity index is 1140. The molecule has 0 bridgehead atoms. The summed E-state index contributed by atoms with van der Waals surface area (Å²) in [5, 5.41) is 6.51. The zero-order chi connectivity index (χ0) is 23.0. The largest absolute Gasteiger partial charge is 0.495 e. The van der Waals surface area contributed by atoms with Crippen molar-refractivity contribution in [2.45, 2.75) is 20.0 Å². The van der Waals surface area contributed by atoms with E-state index in [1.807, 2.05) is 13.8 Å². The first-order valence-electron chi connectivity index (χ1n) is 9.61. The van der Waals surface area contributed by atoms with Crippen molar-refractivity contribution < 1.29 is 22.5 Å². The van der Waals surface area contributed by atoms with Crippen LogP contribution < -0.4 is 20.7 Å². The average Bonchev–Trinajstić information content (AvgIpc) is 3.10. The summed E-state index contributed by atoms with van der Waals surface area (Å²) in [4.78, 5) is 11.1. The number of H-pyrrole nitrogens is 1. The second-order valence-corrected chi connectivity index (χ2v) is 11.2. The Balaban J connectivity index is 2.06. The number of fused-ring (bicyclic) bond motifs is 1. The number of aromatic amines is 1. The Morgan fingerprint density at radius 2 is 1.94 bits per heavy atom. The Kier molecular flexibility index (Phi) is 6.23. The molecule has 7 nitrogen and oxygen atoms in total. The normalized spacial score (nSPS) is 12.4. The lowest BCUT2D eigenvalue weighted by Gasteiger charge is -2.16. The second-order valence-electron chi connectivity index (χ2n) is 7.95. The number of alkyl halides is 3. The van der Waals surface area contributed by atoms with E-state index in [1.165, 1.54) is 7.11 Å². The van der Waals surface area contributed by atoms with Gasteiger partial charge in [0.25, 0.3) is 0 Å². The molecule has 0 fully saturated rings. The summed E-state index contributed by atoms with van der Waals surface area (Å²) in [5.41, 5.74) is -0.279. The molecule has 0 aliphatic carbocycles. The second kappa shape index (κ2) is 8.42. The molecule has 0 saturated heterocycles. The van der Waals surface area contributed by atoms with Crippen LogP contribution >= 0.6 is 7.14 Å². The van der Waals surface area contributed by atoms with Crippen LogP contribution in [0.4, 0.5) is 30.6 Å². The highest BCUT2D eigenvalue weighted by Gasteiger charge is 2.35. The van der Waals surface area contributed by atoms with Crippen molar-refractivity contribution in [2.75, 3.05) is 37.6 Å². The standard InChI is InChI=1S/C20H25F3N5O2P/c1-11(2)9-24-17-16-13(20(21,22)23)10-25-18(16)28-19(27-17)26-14-7-6-12(31(4,5)29)8-15(14)30-3/h6-8,10-11H,9H2,1-5H3,(H3,24,25,26,27,28). The van der Waals surface area contributed by atoms with E-state index < -0.39 is 18.9 Å². The van der Waals surface area contributed by atoms with Crippen molar-refractivity contribution >= 4 is 40.9 Å². The SMILES string of the molecule is COc1cc(P(C)(C)=O)ccc1Nc1nc(NCC(C)C)c2c(C(F)(F)F)c[nH]c2n1. The molecule has 0 aliphatic heterocycles. The fourth-order valence-electron chi connectivity index (χ4n) is 2.98. The average molecular weight is 455 g/mol. The predicted molar refractivity (Wildman–Crippen MR) is 118 cm³/mol. The Labute approximate surface area is 178 Å². The van der Waals surface area contributed by atoms with Gasteiger partial charge >= 0.3 is 6.18 Å². The summed E-state index contributed by atoms with van der Waals surface area (Å²) in [6.45, 7) is 7.64. The van der Waals surface area contributed by atoms with Gasteiger partial charge in [-0.1, -0.05) is 13.8 Å². The highest BCUT2D eigenvalue weighted by molar-refractivity contribution is 7.70. The van der Waals surface area contributed by atoms with Crippen molar-refractivity contribution in [1.29, 1.82) is 0 Å². The number of anilines is 3. The number of halogens is 3. The Morgan fingerprint density at radius 3 is 2.52 bits per heavy atom. The van der Waals surface area contributed by atoms with Crippen molar-refractivity contribution in [3.05, 3.63) is 30.0 Å². The lowest BCUT2D eigenvalue weighted by Crippen LogP contribution is -2.13. The Hall–Kier alpha value is -2.74. The first kappa shape index (κ1) is 22.9. The number of hydrogen-bond acceptors (Lipinski definition) is 6. The van der Waals surface area contributed by atoms with Gasteiger partial charge in [-0.2, -0.15) is 23.1 Å². The zero-order valence-corrected chi connectivity index (χ0v) is 18.8. The summed E-state index contributed by atoms with van der Waals surface area (Å²) >= 11 is 0. The van der Waals surface area contributed by atoms with E-state index in [2.05, 4.69) is 25.6 Å². The molecular weight excluding hydrogens is 430 g/mol. The number of methoxy groups -OCH3 is 1. The highest BCUT2D eigenvalue weighted by atomic mass is 31.2. The number of ether oxygens (including phenoxy) is 1. The minimum absolute atomic E-state index is 0.0540. The molecule has 2 heterocycles. The van der Waals surface area contributed by atoms with E-state index in [0.717, 1.165) is 6.20 Å². The molecule has 0 spiro atoms. The van der Waals surface area contributed by atoms with Gasteiger partial charge in [-0.25, -0.2) is 0 Å². The van der Waals surface area contributed by atoms with Gasteiger partial charge in [-0.3, -0.25) is 0 Å². The molecule has 0 saturated carbocycles. The van der Waals surface area contributed by atoms with Gasteiger partial charge in [-0.05, 0) is 37.4 Å². The molecule has 0 aliphatic rings.